The van der Waals surface area contributed by atoms with Crippen LogP contribution in [0.15, 0.2) is 0 Å². The summed E-state index contributed by atoms with van der Waals surface area (Å²) in [6.07, 6.45) is 4.35. The lowest BCUT2D eigenvalue weighted by Gasteiger charge is -2.23. The second kappa shape index (κ2) is 10.5. The predicted molar refractivity (Wildman–Crippen MR) is 83.2 cm³/mol. The van der Waals surface area contributed by atoms with Crippen molar-refractivity contribution in [2.75, 3.05) is 19.4 Å². The van der Waals surface area contributed by atoms with Crippen LogP contribution in [0.25, 0.3) is 0 Å². The number of rotatable bonds is 10. The summed E-state index contributed by atoms with van der Waals surface area (Å²) < 4.78 is 0. The number of thioether (sulfide) groups is 1. The summed E-state index contributed by atoms with van der Waals surface area (Å²) in [6, 6.07) is -0.000455. The summed E-state index contributed by atoms with van der Waals surface area (Å²) in [7, 11) is 0. The zero-order valence-corrected chi connectivity index (χ0v) is 13.5. The average molecular weight is 290 g/mol. The van der Waals surface area contributed by atoms with Crippen molar-refractivity contribution >= 4 is 17.7 Å². The number of aliphatic hydroxyl groups is 1. The van der Waals surface area contributed by atoms with Crippen LogP contribution in [0.4, 0.5) is 0 Å². The van der Waals surface area contributed by atoms with Crippen LogP contribution in [-0.4, -0.2) is 41.7 Å². The highest BCUT2D eigenvalue weighted by atomic mass is 32.2. The van der Waals surface area contributed by atoms with E-state index in [2.05, 4.69) is 19.2 Å². The minimum Gasteiger partial charge on any atom is -0.395 e. The first kappa shape index (κ1) is 18.7. The first-order valence-corrected chi connectivity index (χ1v) is 8.38. The molecule has 0 saturated carbocycles. The molecule has 3 unspecified atom stereocenters. The molecule has 0 aliphatic rings. The number of hydrogen-bond donors (Lipinski definition) is 3. The molecule has 114 valence electrons. The van der Waals surface area contributed by atoms with Crippen molar-refractivity contribution in [2.45, 2.75) is 51.3 Å². The van der Waals surface area contributed by atoms with Crippen LogP contribution in [0.5, 0.6) is 0 Å². The molecule has 0 heterocycles. The second-order valence-corrected chi connectivity index (χ2v) is 6.51. The molecule has 1 amide bonds. The molecule has 0 fully saturated rings. The third-order valence-electron chi connectivity index (χ3n) is 3.65. The van der Waals surface area contributed by atoms with E-state index in [0.717, 1.165) is 12.8 Å². The van der Waals surface area contributed by atoms with Gasteiger partial charge in [0, 0.05) is 17.7 Å². The molecule has 0 rings (SSSR count). The van der Waals surface area contributed by atoms with Crippen molar-refractivity contribution in [3.8, 4) is 0 Å². The summed E-state index contributed by atoms with van der Waals surface area (Å²) in [4.78, 5) is 11.9. The molecule has 0 aromatic rings. The minimum atomic E-state index is -0.000455. The summed E-state index contributed by atoms with van der Waals surface area (Å²) in [5.41, 5.74) is 5.60. The Kier molecular flexibility index (Phi) is 10.4. The van der Waals surface area contributed by atoms with Crippen LogP contribution in [-0.2, 0) is 4.79 Å². The predicted octanol–water partition coefficient (Wildman–Crippen LogP) is 1.62. The highest BCUT2D eigenvalue weighted by Crippen LogP contribution is 2.20. The van der Waals surface area contributed by atoms with Crippen LogP contribution in [0.1, 0.15) is 40.0 Å². The maximum absolute atomic E-state index is 11.9. The molecule has 0 radical (unpaired) electrons. The van der Waals surface area contributed by atoms with Crippen LogP contribution < -0.4 is 11.1 Å². The molecule has 0 bridgehead atoms. The molecule has 0 aromatic heterocycles. The number of carbonyl (C=O) groups excluding carboxylic acids is 1. The zero-order chi connectivity index (χ0) is 14.8. The van der Waals surface area contributed by atoms with E-state index in [-0.39, 0.29) is 23.8 Å². The van der Waals surface area contributed by atoms with Gasteiger partial charge in [-0.3, -0.25) is 4.79 Å². The number of hydrogen-bond acceptors (Lipinski definition) is 4. The monoisotopic (exact) mass is 290 g/mol. The second-order valence-electron chi connectivity index (χ2n) is 5.43. The Hall–Kier alpha value is -0.260. The van der Waals surface area contributed by atoms with Gasteiger partial charge in [0.2, 0.25) is 5.91 Å². The molecule has 19 heavy (non-hydrogen) atoms. The molecule has 5 heteroatoms. The van der Waals surface area contributed by atoms with Crippen LogP contribution in [0.2, 0.25) is 0 Å². The fourth-order valence-corrected chi connectivity index (χ4v) is 2.82. The summed E-state index contributed by atoms with van der Waals surface area (Å²) in [5, 5.41) is 12.2. The Labute approximate surface area is 121 Å². The molecule has 4 N–H and O–H groups in total. The van der Waals surface area contributed by atoms with Gasteiger partial charge in [0.05, 0.1) is 6.61 Å². The third-order valence-corrected chi connectivity index (χ3v) is 4.81. The normalized spacial score (nSPS) is 16.2. The van der Waals surface area contributed by atoms with E-state index in [0.29, 0.717) is 24.8 Å². The Morgan fingerprint density at radius 3 is 2.37 bits per heavy atom. The van der Waals surface area contributed by atoms with Crippen LogP contribution in [0, 0.1) is 11.8 Å². The molecule has 0 saturated heterocycles. The molecule has 0 aliphatic carbocycles. The van der Waals surface area contributed by atoms with Crippen molar-refractivity contribution in [3.63, 3.8) is 0 Å². The number of amides is 1. The van der Waals surface area contributed by atoms with Gasteiger partial charge in [0.15, 0.2) is 0 Å². The number of nitrogens with one attached hydrogen (secondary N) is 1. The quantitative estimate of drug-likeness (QED) is 0.571. The number of aliphatic hydroxyl groups excluding tert-OH is 1. The van der Waals surface area contributed by atoms with Crippen molar-refractivity contribution in [1.29, 1.82) is 0 Å². The Morgan fingerprint density at radius 2 is 1.95 bits per heavy atom. The maximum atomic E-state index is 11.9. The van der Waals surface area contributed by atoms with E-state index in [4.69, 9.17) is 5.73 Å². The average Bonchev–Trinajstić information content (AvgIpc) is 2.35. The molecule has 0 aromatic carbocycles. The van der Waals surface area contributed by atoms with E-state index in [1.54, 1.807) is 11.8 Å². The molecular weight excluding hydrogens is 260 g/mol. The topological polar surface area (TPSA) is 75.3 Å². The van der Waals surface area contributed by atoms with Gasteiger partial charge in [-0.25, -0.2) is 0 Å². The van der Waals surface area contributed by atoms with E-state index in [9.17, 15) is 9.90 Å². The lowest BCUT2D eigenvalue weighted by atomic mass is 9.88. The van der Waals surface area contributed by atoms with E-state index in [1.165, 1.54) is 0 Å². The standard InChI is InChI=1S/C14H30N2O2S/c1-10(2)12(7-8-15)5-6-14(18)16-11(3)13(9-17)19-4/h10-13,17H,5-9,15H2,1-4H3,(H,16,18). The van der Waals surface area contributed by atoms with Gasteiger partial charge in [-0.2, -0.15) is 11.8 Å². The Balaban J connectivity index is 4.09. The molecule has 4 nitrogen and oxygen atoms in total. The van der Waals surface area contributed by atoms with E-state index < -0.39 is 0 Å². The van der Waals surface area contributed by atoms with Gasteiger partial charge < -0.3 is 16.2 Å². The van der Waals surface area contributed by atoms with E-state index >= 15 is 0 Å². The van der Waals surface area contributed by atoms with Gasteiger partial charge in [-0.15, -0.1) is 0 Å². The highest BCUT2D eigenvalue weighted by Gasteiger charge is 2.19. The summed E-state index contributed by atoms with van der Waals surface area (Å²) in [5.74, 6) is 1.15. The SMILES string of the molecule is CSC(CO)C(C)NC(=O)CCC(CCN)C(C)C. The van der Waals surface area contributed by atoms with Gasteiger partial charge in [-0.1, -0.05) is 13.8 Å². The van der Waals surface area contributed by atoms with Crippen LogP contribution >= 0.6 is 11.8 Å². The zero-order valence-electron chi connectivity index (χ0n) is 12.7. The first-order valence-electron chi connectivity index (χ1n) is 7.09. The van der Waals surface area contributed by atoms with Crippen molar-refractivity contribution in [2.24, 2.45) is 17.6 Å². The molecule has 0 aliphatic heterocycles. The molecule has 0 spiro atoms. The van der Waals surface area contributed by atoms with Crippen molar-refractivity contribution < 1.29 is 9.90 Å². The summed E-state index contributed by atoms with van der Waals surface area (Å²) in [6.45, 7) is 7.06. The third kappa shape index (κ3) is 7.80. The molecule has 3 atom stereocenters. The highest BCUT2D eigenvalue weighted by molar-refractivity contribution is 7.99. The number of carbonyl (C=O) groups is 1. The van der Waals surface area contributed by atoms with Gasteiger partial charge in [0.25, 0.3) is 0 Å². The number of nitrogens with two attached hydrogens (primary N) is 1. The minimum absolute atomic E-state index is 0.000455. The molecular formula is C14H30N2O2S. The maximum Gasteiger partial charge on any atom is 0.220 e. The van der Waals surface area contributed by atoms with Gasteiger partial charge in [-0.05, 0) is 44.4 Å². The lowest BCUT2D eigenvalue weighted by molar-refractivity contribution is -0.122. The Morgan fingerprint density at radius 1 is 1.32 bits per heavy atom. The largest absolute Gasteiger partial charge is 0.395 e. The Bertz CT molecular complexity index is 246. The fraction of sp³-hybridized carbons (Fsp3) is 0.929. The fourth-order valence-electron chi connectivity index (χ4n) is 2.20. The van der Waals surface area contributed by atoms with Gasteiger partial charge >= 0.3 is 0 Å². The van der Waals surface area contributed by atoms with Crippen molar-refractivity contribution in [1.82, 2.24) is 5.32 Å². The smallest absolute Gasteiger partial charge is 0.220 e. The van der Waals surface area contributed by atoms with Crippen LogP contribution in [0.3, 0.4) is 0 Å². The first-order chi connectivity index (χ1) is 8.96. The van der Waals surface area contributed by atoms with Crippen molar-refractivity contribution in [3.05, 3.63) is 0 Å². The lowest BCUT2D eigenvalue weighted by Crippen LogP contribution is -2.41. The van der Waals surface area contributed by atoms with Gasteiger partial charge in [0.1, 0.15) is 0 Å². The van der Waals surface area contributed by atoms with E-state index in [1.807, 2.05) is 13.2 Å². The summed E-state index contributed by atoms with van der Waals surface area (Å²) >= 11 is 1.58.